The first-order valence-corrected chi connectivity index (χ1v) is 7.12. The molecule has 1 aromatic heterocycles. The van der Waals surface area contributed by atoms with Crippen molar-refractivity contribution in [3.63, 3.8) is 0 Å². The molecular weight excluding hydrogens is 266 g/mol. The third-order valence-corrected chi connectivity index (χ3v) is 3.62. The van der Waals surface area contributed by atoms with Crippen LogP contribution in [0.3, 0.4) is 0 Å². The van der Waals surface area contributed by atoms with E-state index in [0.29, 0.717) is 12.4 Å². The van der Waals surface area contributed by atoms with Gasteiger partial charge in [0.1, 0.15) is 5.75 Å². The predicted octanol–water partition coefficient (Wildman–Crippen LogP) is 1.68. The fourth-order valence-corrected chi connectivity index (χ4v) is 2.42. The lowest BCUT2D eigenvalue weighted by Crippen LogP contribution is -2.13. The van der Waals surface area contributed by atoms with Crippen molar-refractivity contribution in [2.45, 2.75) is 11.8 Å². The molecule has 2 aromatic rings. The lowest BCUT2D eigenvalue weighted by Gasteiger charge is -2.07. The summed E-state index contributed by atoms with van der Waals surface area (Å²) in [5.74, 6) is 0.803. The highest BCUT2D eigenvalue weighted by Gasteiger charge is 2.14. The van der Waals surface area contributed by atoms with E-state index >= 15 is 0 Å². The third-order valence-electron chi connectivity index (χ3n) is 2.25. The SMILES string of the molecule is CCOc1ccc(S(=O)(=O)Nc2cnccn2)cc1. The maximum Gasteiger partial charge on any atom is 0.263 e. The van der Waals surface area contributed by atoms with E-state index in [9.17, 15) is 8.42 Å². The van der Waals surface area contributed by atoms with E-state index in [4.69, 9.17) is 4.74 Å². The minimum atomic E-state index is -3.65. The van der Waals surface area contributed by atoms with E-state index in [-0.39, 0.29) is 10.7 Å². The zero-order valence-electron chi connectivity index (χ0n) is 10.3. The number of aromatic nitrogens is 2. The van der Waals surface area contributed by atoms with Gasteiger partial charge in [0, 0.05) is 12.4 Å². The van der Waals surface area contributed by atoms with E-state index in [1.807, 2.05) is 6.92 Å². The Labute approximate surface area is 111 Å². The Morgan fingerprint density at radius 1 is 1.21 bits per heavy atom. The van der Waals surface area contributed by atoms with Crippen molar-refractivity contribution in [2.24, 2.45) is 0 Å². The number of hydrogen-bond donors (Lipinski definition) is 1. The van der Waals surface area contributed by atoms with Gasteiger partial charge < -0.3 is 4.74 Å². The van der Waals surface area contributed by atoms with Gasteiger partial charge in [0.25, 0.3) is 10.0 Å². The largest absolute Gasteiger partial charge is 0.494 e. The summed E-state index contributed by atoms with van der Waals surface area (Å²) >= 11 is 0. The first-order valence-electron chi connectivity index (χ1n) is 5.63. The highest BCUT2D eigenvalue weighted by atomic mass is 32.2. The molecule has 0 amide bonds. The monoisotopic (exact) mass is 279 g/mol. The number of rotatable bonds is 5. The van der Waals surface area contributed by atoms with Crippen LogP contribution in [0.1, 0.15) is 6.92 Å². The van der Waals surface area contributed by atoms with Gasteiger partial charge in [-0.15, -0.1) is 0 Å². The first-order chi connectivity index (χ1) is 9.12. The summed E-state index contributed by atoms with van der Waals surface area (Å²) in [7, 11) is -3.65. The molecule has 2 rings (SSSR count). The lowest BCUT2D eigenvalue weighted by molar-refractivity contribution is 0.340. The average Bonchev–Trinajstić information content (AvgIpc) is 2.40. The Morgan fingerprint density at radius 3 is 2.53 bits per heavy atom. The molecule has 6 nitrogen and oxygen atoms in total. The van der Waals surface area contributed by atoms with Crippen molar-refractivity contribution < 1.29 is 13.2 Å². The number of hydrogen-bond acceptors (Lipinski definition) is 5. The van der Waals surface area contributed by atoms with Crippen LogP contribution < -0.4 is 9.46 Å². The number of benzene rings is 1. The Morgan fingerprint density at radius 2 is 1.95 bits per heavy atom. The topological polar surface area (TPSA) is 81.2 Å². The van der Waals surface area contributed by atoms with E-state index in [1.165, 1.54) is 30.7 Å². The number of ether oxygens (including phenoxy) is 1. The molecule has 0 atom stereocenters. The predicted molar refractivity (Wildman–Crippen MR) is 70.5 cm³/mol. The van der Waals surface area contributed by atoms with Crippen LogP contribution in [0.4, 0.5) is 5.82 Å². The van der Waals surface area contributed by atoms with E-state index in [2.05, 4.69) is 14.7 Å². The van der Waals surface area contributed by atoms with Gasteiger partial charge in [0.2, 0.25) is 0 Å². The summed E-state index contributed by atoms with van der Waals surface area (Å²) in [6, 6.07) is 6.16. The number of nitrogens with zero attached hydrogens (tertiary/aromatic N) is 2. The van der Waals surface area contributed by atoms with E-state index in [0.717, 1.165) is 0 Å². The zero-order chi connectivity index (χ0) is 13.7. The van der Waals surface area contributed by atoms with E-state index < -0.39 is 10.0 Å². The average molecular weight is 279 g/mol. The van der Waals surface area contributed by atoms with Gasteiger partial charge in [0.15, 0.2) is 5.82 Å². The lowest BCUT2D eigenvalue weighted by atomic mass is 10.3. The van der Waals surface area contributed by atoms with Gasteiger partial charge in [-0.2, -0.15) is 0 Å². The Bertz CT molecular complexity index is 627. The van der Waals surface area contributed by atoms with Gasteiger partial charge in [-0.3, -0.25) is 9.71 Å². The first kappa shape index (κ1) is 13.3. The highest BCUT2D eigenvalue weighted by Crippen LogP contribution is 2.17. The fourth-order valence-electron chi connectivity index (χ4n) is 1.43. The van der Waals surface area contributed by atoms with Crippen LogP contribution in [0.15, 0.2) is 47.8 Å². The van der Waals surface area contributed by atoms with Crippen LogP contribution in [0.5, 0.6) is 5.75 Å². The smallest absolute Gasteiger partial charge is 0.263 e. The molecule has 0 aliphatic carbocycles. The summed E-state index contributed by atoms with van der Waals surface area (Å²) in [4.78, 5) is 7.79. The molecule has 0 saturated heterocycles. The summed E-state index contributed by atoms with van der Waals surface area (Å²) in [6.07, 6.45) is 4.22. The summed E-state index contributed by atoms with van der Waals surface area (Å²) in [6.45, 7) is 2.39. The molecule has 0 unspecified atom stereocenters. The van der Waals surface area contributed by atoms with Crippen molar-refractivity contribution in [3.05, 3.63) is 42.9 Å². The normalized spacial score (nSPS) is 11.0. The van der Waals surface area contributed by atoms with Crippen LogP contribution in [0.25, 0.3) is 0 Å². The van der Waals surface area contributed by atoms with Gasteiger partial charge in [-0.1, -0.05) is 0 Å². The van der Waals surface area contributed by atoms with Gasteiger partial charge >= 0.3 is 0 Å². The maximum atomic E-state index is 12.1. The number of nitrogens with one attached hydrogen (secondary N) is 1. The molecule has 0 fully saturated rings. The molecule has 0 saturated carbocycles. The summed E-state index contributed by atoms with van der Waals surface area (Å²) < 4.78 is 31.7. The Kier molecular flexibility index (Phi) is 3.96. The molecule has 7 heteroatoms. The van der Waals surface area contributed by atoms with Crippen LogP contribution >= 0.6 is 0 Å². The highest BCUT2D eigenvalue weighted by molar-refractivity contribution is 7.92. The molecule has 19 heavy (non-hydrogen) atoms. The van der Waals surface area contributed by atoms with Crippen molar-refractivity contribution in [2.75, 3.05) is 11.3 Å². The molecular formula is C12H13N3O3S. The van der Waals surface area contributed by atoms with Crippen molar-refractivity contribution in [3.8, 4) is 5.75 Å². The minimum Gasteiger partial charge on any atom is -0.494 e. The molecule has 0 spiro atoms. The maximum absolute atomic E-state index is 12.1. The molecule has 1 heterocycles. The molecule has 1 aromatic carbocycles. The van der Waals surface area contributed by atoms with Crippen LogP contribution in [0, 0.1) is 0 Å². The van der Waals surface area contributed by atoms with Gasteiger partial charge in [0.05, 0.1) is 17.7 Å². The quantitative estimate of drug-likeness (QED) is 0.900. The molecule has 0 radical (unpaired) electrons. The standard InChI is InChI=1S/C12H13N3O3S/c1-2-18-10-3-5-11(6-4-10)19(16,17)15-12-9-13-7-8-14-12/h3-9H,2H2,1H3,(H,14,15). The Balaban J connectivity index is 2.20. The molecule has 0 aliphatic rings. The molecule has 1 N–H and O–H groups in total. The summed E-state index contributed by atoms with van der Waals surface area (Å²) in [5, 5.41) is 0. The van der Waals surface area contributed by atoms with Gasteiger partial charge in [-0.05, 0) is 31.2 Å². The van der Waals surface area contributed by atoms with Crippen LogP contribution in [-0.4, -0.2) is 25.0 Å². The van der Waals surface area contributed by atoms with Crippen LogP contribution in [0.2, 0.25) is 0 Å². The van der Waals surface area contributed by atoms with E-state index in [1.54, 1.807) is 12.1 Å². The zero-order valence-corrected chi connectivity index (χ0v) is 11.1. The fraction of sp³-hybridized carbons (Fsp3) is 0.167. The van der Waals surface area contributed by atoms with Crippen molar-refractivity contribution in [1.82, 2.24) is 9.97 Å². The molecule has 0 aliphatic heterocycles. The third kappa shape index (κ3) is 3.41. The summed E-state index contributed by atoms with van der Waals surface area (Å²) in [5.41, 5.74) is 0. The van der Waals surface area contributed by atoms with Crippen molar-refractivity contribution >= 4 is 15.8 Å². The second-order valence-electron chi connectivity index (χ2n) is 3.60. The number of sulfonamides is 1. The molecule has 0 bridgehead atoms. The van der Waals surface area contributed by atoms with Gasteiger partial charge in [-0.25, -0.2) is 13.4 Å². The van der Waals surface area contributed by atoms with Crippen LogP contribution in [-0.2, 0) is 10.0 Å². The Hall–Kier alpha value is -2.15. The second-order valence-corrected chi connectivity index (χ2v) is 5.28. The second kappa shape index (κ2) is 5.66. The minimum absolute atomic E-state index is 0.140. The molecule has 100 valence electrons. The number of anilines is 1. The van der Waals surface area contributed by atoms with Crippen molar-refractivity contribution in [1.29, 1.82) is 0 Å².